The fourth-order valence-electron chi connectivity index (χ4n) is 4.29. The van der Waals surface area contributed by atoms with Gasteiger partial charge in [0.15, 0.2) is 0 Å². The number of piperidine rings is 1. The highest BCUT2D eigenvalue weighted by molar-refractivity contribution is 6.06. The van der Waals surface area contributed by atoms with Crippen LogP contribution in [0.5, 0.6) is 0 Å². The molecule has 1 amide bonds. The topological polar surface area (TPSA) is 58.4 Å². The molecule has 4 rings (SSSR count). The van der Waals surface area contributed by atoms with E-state index in [9.17, 15) is 9.59 Å². The number of pyridine rings is 2. The molecule has 0 saturated carbocycles. The minimum atomic E-state index is -0.158. The Balaban J connectivity index is 1.42. The third-order valence-corrected chi connectivity index (χ3v) is 6.22. The number of aryl methyl sites for hydroxylation is 1. The third-order valence-electron chi connectivity index (χ3n) is 6.22. The SMILES string of the molecule is CN(C(=O)c1cc(=O)n(C)c2ccccc12)C1CCN(CCc2ccccn2)CC1. The first kappa shape index (κ1) is 20.3. The van der Waals surface area contributed by atoms with Crippen LogP contribution in [0.4, 0.5) is 0 Å². The first-order valence-electron chi connectivity index (χ1n) is 10.5. The van der Waals surface area contributed by atoms with Gasteiger partial charge in [-0.3, -0.25) is 14.6 Å². The van der Waals surface area contributed by atoms with Crippen molar-refractivity contribution in [3.63, 3.8) is 0 Å². The predicted octanol–water partition coefficient (Wildman–Crippen LogP) is 2.71. The zero-order valence-electron chi connectivity index (χ0n) is 17.6. The van der Waals surface area contributed by atoms with Gasteiger partial charge in [-0.05, 0) is 31.0 Å². The lowest BCUT2D eigenvalue weighted by Crippen LogP contribution is -2.46. The minimum Gasteiger partial charge on any atom is -0.339 e. The first-order chi connectivity index (χ1) is 14.5. The maximum absolute atomic E-state index is 13.3. The van der Waals surface area contributed by atoms with Gasteiger partial charge in [0.2, 0.25) is 0 Å². The summed E-state index contributed by atoms with van der Waals surface area (Å²) in [6.07, 6.45) is 4.66. The van der Waals surface area contributed by atoms with Gasteiger partial charge in [0, 0.05) is 69.5 Å². The van der Waals surface area contributed by atoms with Gasteiger partial charge >= 0.3 is 0 Å². The summed E-state index contributed by atoms with van der Waals surface area (Å²) in [5.74, 6) is -0.0733. The molecule has 0 N–H and O–H groups in total. The summed E-state index contributed by atoms with van der Waals surface area (Å²) in [5.41, 5.74) is 2.24. The number of rotatable bonds is 5. The molecule has 156 valence electrons. The summed E-state index contributed by atoms with van der Waals surface area (Å²) in [6, 6.07) is 15.3. The molecule has 2 aromatic heterocycles. The number of hydrogen-bond donors (Lipinski definition) is 0. The van der Waals surface area contributed by atoms with E-state index in [1.165, 1.54) is 6.07 Å². The Hall–Kier alpha value is -2.99. The Morgan fingerprint density at radius 2 is 1.87 bits per heavy atom. The molecule has 0 atom stereocenters. The van der Waals surface area contributed by atoms with E-state index in [0.717, 1.165) is 55.5 Å². The fraction of sp³-hybridized carbons (Fsp3) is 0.375. The molecule has 0 unspecified atom stereocenters. The lowest BCUT2D eigenvalue weighted by molar-refractivity contribution is 0.0645. The van der Waals surface area contributed by atoms with Crippen LogP contribution in [-0.2, 0) is 13.5 Å². The molecule has 0 spiro atoms. The number of carbonyl (C=O) groups excluding carboxylic acids is 1. The summed E-state index contributed by atoms with van der Waals surface area (Å²) in [4.78, 5) is 34.3. The van der Waals surface area contributed by atoms with Crippen molar-refractivity contribution < 1.29 is 4.79 Å². The average Bonchev–Trinajstić information content (AvgIpc) is 2.80. The van der Waals surface area contributed by atoms with Crippen LogP contribution in [0.1, 0.15) is 28.9 Å². The number of fused-ring (bicyclic) bond motifs is 1. The molecule has 6 heteroatoms. The van der Waals surface area contributed by atoms with Crippen LogP contribution in [0.25, 0.3) is 10.9 Å². The van der Waals surface area contributed by atoms with Crippen molar-refractivity contribution in [1.29, 1.82) is 0 Å². The van der Waals surface area contributed by atoms with Crippen molar-refractivity contribution in [2.45, 2.75) is 25.3 Å². The van der Waals surface area contributed by atoms with Crippen molar-refractivity contribution in [1.82, 2.24) is 19.4 Å². The van der Waals surface area contributed by atoms with E-state index in [2.05, 4.69) is 16.0 Å². The molecule has 30 heavy (non-hydrogen) atoms. The second-order valence-electron chi connectivity index (χ2n) is 8.03. The summed E-state index contributed by atoms with van der Waals surface area (Å²) in [7, 11) is 3.60. The molecule has 1 saturated heterocycles. The third kappa shape index (κ3) is 4.14. The van der Waals surface area contributed by atoms with Crippen LogP contribution >= 0.6 is 0 Å². The second-order valence-corrected chi connectivity index (χ2v) is 8.03. The molecule has 0 radical (unpaired) electrons. The number of aromatic nitrogens is 2. The maximum atomic E-state index is 13.3. The van der Waals surface area contributed by atoms with E-state index in [0.29, 0.717) is 5.56 Å². The van der Waals surface area contributed by atoms with Crippen LogP contribution in [0.2, 0.25) is 0 Å². The Morgan fingerprint density at radius 1 is 1.13 bits per heavy atom. The van der Waals surface area contributed by atoms with Gasteiger partial charge in [0.05, 0.1) is 11.1 Å². The summed E-state index contributed by atoms with van der Waals surface area (Å²) in [5, 5.41) is 0.823. The van der Waals surface area contributed by atoms with Crippen LogP contribution < -0.4 is 5.56 Å². The molecule has 1 aliphatic rings. The van der Waals surface area contributed by atoms with Crippen molar-refractivity contribution in [3.05, 3.63) is 76.3 Å². The van der Waals surface area contributed by atoms with Crippen LogP contribution in [0, 0.1) is 0 Å². The predicted molar refractivity (Wildman–Crippen MR) is 119 cm³/mol. The Labute approximate surface area is 176 Å². The first-order valence-corrected chi connectivity index (χ1v) is 10.5. The summed E-state index contributed by atoms with van der Waals surface area (Å²) >= 11 is 0. The van der Waals surface area contributed by atoms with Crippen molar-refractivity contribution >= 4 is 16.8 Å². The Kier molecular flexibility index (Phi) is 5.95. The summed E-state index contributed by atoms with van der Waals surface area (Å²) < 4.78 is 1.59. The number of carbonyl (C=O) groups is 1. The van der Waals surface area contributed by atoms with Crippen LogP contribution in [-0.4, -0.2) is 58.0 Å². The fourth-order valence-corrected chi connectivity index (χ4v) is 4.29. The lowest BCUT2D eigenvalue weighted by atomic mass is 10.0. The van der Waals surface area contributed by atoms with E-state index in [4.69, 9.17) is 0 Å². The Bertz CT molecular complexity index is 1090. The number of amides is 1. The average molecular weight is 405 g/mol. The molecule has 3 heterocycles. The van der Waals surface area contributed by atoms with Gasteiger partial charge in [-0.2, -0.15) is 0 Å². The van der Waals surface area contributed by atoms with Gasteiger partial charge in [0.1, 0.15) is 0 Å². The quantitative estimate of drug-likeness (QED) is 0.656. The smallest absolute Gasteiger partial charge is 0.254 e. The second kappa shape index (κ2) is 8.79. The van der Waals surface area contributed by atoms with Gasteiger partial charge in [-0.1, -0.05) is 24.3 Å². The van der Waals surface area contributed by atoms with E-state index in [1.807, 2.05) is 54.5 Å². The maximum Gasteiger partial charge on any atom is 0.254 e. The van der Waals surface area contributed by atoms with Crippen LogP contribution in [0.3, 0.4) is 0 Å². The monoisotopic (exact) mass is 404 g/mol. The van der Waals surface area contributed by atoms with Crippen molar-refractivity contribution in [3.8, 4) is 0 Å². The molecule has 0 aliphatic carbocycles. The molecule has 0 bridgehead atoms. The molecular formula is C24H28N4O2. The number of nitrogens with zero attached hydrogens (tertiary/aromatic N) is 4. The molecule has 1 aliphatic heterocycles. The lowest BCUT2D eigenvalue weighted by Gasteiger charge is -2.37. The van der Waals surface area contributed by atoms with E-state index < -0.39 is 0 Å². The highest BCUT2D eigenvalue weighted by Crippen LogP contribution is 2.22. The van der Waals surface area contributed by atoms with Gasteiger partial charge in [0.25, 0.3) is 11.5 Å². The molecule has 3 aromatic rings. The van der Waals surface area contributed by atoms with Crippen molar-refractivity contribution in [2.24, 2.45) is 7.05 Å². The largest absolute Gasteiger partial charge is 0.339 e. The number of hydrogen-bond acceptors (Lipinski definition) is 4. The zero-order chi connectivity index (χ0) is 21.1. The zero-order valence-corrected chi connectivity index (χ0v) is 17.6. The highest BCUT2D eigenvalue weighted by Gasteiger charge is 2.27. The van der Waals surface area contributed by atoms with E-state index in [1.54, 1.807) is 11.6 Å². The number of para-hydroxylation sites is 1. The normalized spacial score (nSPS) is 15.4. The van der Waals surface area contributed by atoms with Gasteiger partial charge < -0.3 is 14.4 Å². The minimum absolute atomic E-state index is 0.0733. The van der Waals surface area contributed by atoms with Crippen molar-refractivity contribution in [2.75, 3.05) is 26.7 Å². The standard InChI is InChI=1S/C24H28N4O2/c1-26(19-11-15-28(16-12-19)14-10-18-7-5-6-13-25-18)24(30)21-17-23(29)27(2)22-9-4-3-8-20(21)22/h3-9,13,17,19H,10-12,14-16H2,1-2H3. The Morgan fingerprint density at radius 3 is 2.60 bits per heavy atom. The number of likely N-dealkylation sites (tertiary alicyclic amines) is 1. The summed E-state index contributed by atoms with van der Waals surface area (Å²) in [6.45, 7) is 2.92. The number of benzene rings is 1. The van der Waals surface area contributed by atoms with Gasteiger partial charge in [-0.25, -0.2) is 0 Å². The van der Waals surface area contributed by atoms with E-state index in [-0.39, 0.29) is 17.5 Å². The van der Waals surface area contributed by atoms with Gasteiger partial charge in [-0.15, -0.1) is 0 Å². The molecule has 1 aromatic carbocycles. The molecular weight excluding hydrogens is 376 g/mol. The van der Waals surface area contributed by atoms with Crippen LogP contribution in [0.15, 0.2) is 59.5 Å². The highest BCUT2D eigenvalue weighted by atomic mass is 16.2. The molecule has 1 fully saturated rings. The molecule has 6 nitrogen and oxygen atoms in total. The van der Waals surface area contributed by atoms with E-state index >= 15 is 0 Å².